The summed E-state index contributed by atoms with van der Waals surface area (Å²) in [6.07, 6.45) is -2.95. The van der Waals surface area contributed by atoms with Gasteiger partial charge in [0.05, 0.1) is 24.4 Å². The van der Waals surface area contributed by atoms with Crippen LogP contribution in [0.1, 0.15) is 43.7 Å². The van der Waals surface area contributed by atoms with Gasteiger partial charge in [0.15, 0.2) is 0 Å². The molecule has 1 aromatic carbocycles. The highest BCUT2D eigenvalue weighted by atomic mass is 19.4. The predicted molar refractivity (Wildman–Crippen MR) is 92.3 cm³/mol. The van der Waals surface area contributed by atoms with E-state index in [9.17, 15) is 18.0 Å². The van der Waals surface area contributed by atoms with Crippen molar-refractivity contribution in [3.05, 3.63) is 59.5 Å². The second-order valence-electron chi connectivity index (χ2n) is 6.61. The Balaban J connectivity index is 2.15. The van der Waals surface area contributed by atoms with Crippen LogP contribution in [-0.4, -0.2) is 17.5 Å². The van der Waals surface area contributed by atoms with E-state index in [-0.39, 0.29) is 18.0 Å². The predicted octanol–water partition coefficient (Wildman–Crippen LogP) is 5.23. The van der Waals surface area contributed by atoms with Gasteiger partial charge in [-0.1, -0.05) is 32.0 Å². The number of amides is 2. The molecule has 142 valence electrons. The van der Waals surface area contributed by atoms with E-state index in [1.165, 1.54) is 29.4 Å². The zero-order valence-corrected chi connectivity index (χ0v) is 15.0. The van der Waals surface area contributed by atoms with Crippen molar-refractivity contribution in [3.63, 3.8) is 0 Å². The average molecular weight is 368 g/mol. The van der Waals surface area contributed by atoms with Crippen LogP contribution in [0.4, 0.5) is 18.0 Å². The number of halogens is 3. The van der Waals surface area contributed by atoms with Gasteiger partial charge in [-0.2, -0.15) is 13.2 Å². The molecule has 2 amide bonds. The highest BCUT2D eigenvalue weighted by Gasteiger charge is 2.34. The van der Waals surface area contributed by atoms with Crippen LogP contribution in [-0.2, 0) is 12.7 Å². The molecule has 0 aliphatic heterocycles. The summed E-state index contributed by atoms with van der Waals surface area (Å²) >= 11 is 0. The van der Waals surface area contributed by atoms with Crippen molar-refractivity contribution in [1.82, 2.24) is 10.2 Å². The van der Waals surface area contributed by atoms with E-state index in [0.29, 0.717) is 12.3 Å². The zero-order chi connectivity index (χ0) is 19.3. The minimum atomic E-state index is -4.47. The maximum atomic E-state index is 13.2. The molecule has 0 radical (unpaired) electrons. The lowest BCUT2D eigenvalue weighted by Gasteiger charge is -2.27. The van der Waals surface area contributed by atoms with Crippen LogP contribution < -0.4 is 5.32 Å². The molecular weight excluding hydrogens is 345 g/mol. The van der Waals surface area contributed by atoms with Gasteiger partial charge in [-0.05, 0) is 36.6 Å². The molecule has 0 aliphatic rings. The lowest BCUT2D eigenvalue weighted by atomic mass is 10.0. The Morgan fingerprint density at radius 3 is 2.42 bits per heavy atom. The quantitative estimate of drug-likeness (QED) is 0.759. The number of carbonyl (C=O) groups excluding carboxylic acids is 1. The smallest absolute Gasteiger partial charge is 0.416 e. The molecule has 0 bridgehead atoms. The van der Waals surface area contributed by atoms with Crippen LogP contribution in [0.15, 0.2) is 47.1 Å². The van der Waals surface area contributed by atoms with Gasteiger partial charge in [0, 0.05) is 6.54 Å². The Bertz CT molecular complexity index is 712. The molecule has 4 nitrogen and oxygen atoms in total. The molecule has 26 heavy (non-hydrogen) atoms. The molecule has 0 saturated heterocycles. The maximum absolute atomic E-state index is 13.2. The van der Waals surface area contributed by atoms with Crippen LogP contribution in [0.3, 0.4) is 0 Å². The highest BCUT2D eigenvalue weighted by molar-refractivity contribution is 5.74. The van der Waals surface area contributed by atoms with Crippen molar-refractivity contribution in [3.8, 4) is 0 Å². The van der Waals surface area contributed by atoms with E-state index in [0.717, 1.165) is 6.07 Å². The molecule has 2 rings (SSSR count). The fourth-order valence-electron chi connectivity index (χ4n) is 2.74. The maximum Gasteiger partial charge on any atom is 0.416 e. The van der Waals surface area contributed by atoms with Crippen LogP contribution in [0.25, 0.3) is 0 Å². The second kappa shape index (κ2) is 8.29. The van der Waals surface area contributed by atoms with E-state index in [1.807, 2.05) is 13.8 Å². The number of carbonyl (C=O) groups is 1. The molecule has 0 saturated carbocycles. The molecule has 0 unspecified atom stereocenters. The summed E-state index contributed by atoms with van der Waals surface area (Å²) in [7, 11) is 0. The van der Waals surface area contributed by atoms with Crippen molar-refractivity contribution in [2.75, 3.05) is 6.54 Å². The van der Waals surface area contributed by atoms with Gasteiger partial charge in [0.2, 0.25) is 0 Å². The normalized spacial score (nSPS) is 12.9. The molecule has 1 aromatic heterocycles. The minimum absolute atomic E-state index is 0.0378. The number of nitrogens with one attached hydrogen (secondary N) is 1. The molecule has 0 spiro atoms. The van der Waals surface area contributed by atoms with Gasteiger partial charge in [0.25, 0.3) is 0 Å². The molecule has 1 heterocycles. The summed E-state index contributed by atoms with van der Waals surface area (Å²) in [5.41, 5.74) is -0.704. The summed E-state index contributed by atoms with van der Waals surface area (Å²) in [5, 5.41) is 2.67. The van der Waals surface area contributed by atoms with E-state index < -0.39 is 23.8 Å². The molecule has 7 heteroatoms. The van der Waals surface area contributed by atoms with E-state index >= 15 is 0 Å². The van der Waals surface area contributed by atoms with Crippen molar-refractivity contribution in [1.29, 1.82) is 0 Å². The largest absolute Gasteiger partial charge is 0.467 e. The van der Waals surface area contributed by atoms with Crippen LogP contribution >= 0.6 is 0 Å². The van der Waals surface area contributed by atoms with E-state index in [1.54, 1.807) is 19.1 Å². The fourth-order valence-corrected chi connectivity index (χ4v) is 2.74. The minimum Gasteiger partial charge on any atom is -0.467 e. The topological polar surface area (TPSA) is 45.5 Å². The van der Waals surface area contributed by atoms with Crippen LogP contribution in [0.2, 0.25) is 0 Å². The standard InChI is InChI=1S/C19H23F3N2O2/c1-13(2)11-24(12-15-7-6-10-26-15)18(25)23-14(3)16-8-4-5-9-17(16)19(20,21)22/h4-10,13-14H,11-12H2,1-3H3,(H,23,25)/t14-/m0/s1. The Kier molecular flexibility index (Phi) is 6.34. The number of alkyl halides is 3. The van der Waals surface area contributed by atoms with Gasteiger partial charge in [0.1, 0.15) is 5.76 Å². The Labute approximate surface area is 151 Å². The third-order valence-electron chi connectivity index (χ3n) is 3.87. The highest BCUT2D eigenvalue weighted by Crippen LogP contribution is 2.34. The monoisotopic (exact) mass is 368 g/mol. The molecule has 1 atom stereocenters. The lowest BCUT2D eigenvalue weighted by Crippen LogP contribution is -2.42. The van der Waals surface area contributed by atoms with Gasteiger partial charge in [-0.3, -0.25) is 0 Å². The molecular formula is C19H23F3N2O2. The number of furan rings is 1. The second-order valence-corrected chi connectivity index (χ2v) is 6.61. The SMILES string of the molecule is CC(C)CN(Cc1ccco1)C(=O)N[C@@H](C)c1ccccc1C(F)(F)F. The first-order chi connectivity index (χ1) is 12.2. The lowest BCUT2D eigenvalue weighted by molar-refractivity contribution is -0.138. The third-order valence-corrected chi connectivity index (χ3v) is 3.87. The summed E-state index contributed by atoms with van der Waals surface area (Å²) in [6.45, 7) is 6.18. The fraction of sp³-hybridized carbons (Fsp3) is 0.421. The van der Waals surface area contributed by atoms with E-state index in [4.69, 9.17) is 4.42 Å². The number of hydrogen-bond acceptors (Lipinski definition) is 2. The van der Waals surface area contributed by atoms with Crippen LogP contribution in [0.5, 0.6) is 0 Å². The molecule has 0 aliphatic carbocycles. The molecule has 2 aromatic rings. The summed E-state index contributed by atoms with van der Waals surface area (Å²) in [5.74, 6) is 0.817. The number of urea groups is 1. The molecule has 1 N–H and O–H groups in total. The van der Waals surface area contributed by atoms with Crippen molar-refractivity contribution < 1.29 is 22.4 Å². The van der Waals surface area contributed by atoms with Crippen LogP contribution in [0, 0.1) is 5.92 Å². The number of hydrogen-bond donors (Lipinski definition) is 1. The van der Waals surface area contributed by atoms with E-state index in [2.05, 4.69) is 5.32 Å². The number of nitrogens with zero attached hydrogens (tertiary/aromatic N) is 1. The summed E-state index contributed by atoms with van der Waals surface area (Å²) < 4.78 is 44.9. The zero-order valence-electron chi connectivity index (χ0n) is 15.0. The number of benzene rings is 1. The Hall–Kier alpha value is -2.44. The average Bonchev–Trinajstić information content (AvgIpc) is 3.06. The Morgan fingerprint density at radius 2 is 1.85 bits per heavy atom. The Morgan fingerprint density at radius 1 is 1.15 bits per heavy atom. The van der Waals surface area contributed by atoms with Crippen molar-refractivity contribution >= 4 is 6.03 Å². The van der Waals surface area contributed by atoms with Gasteiger partial charge in [-0.25, -0.2) is 4.79 Å². The summed E-state index contributed by atoms with van der Waals surface area (Å²) in [6, 6.07) is 7.53. The van der Waals surface area contributed by atoms with Gasteiger partial charge < -0.3 is 14.6 Å². The summed E-state index contributed by atoms with van der Waals surface area (Å²) in [4.78, 5) is 14.2. The third kappa shape index (κ3) is 5.28. The number of rotatable bonds is 6. The van der Waals surface area contributed by atoms with Crippen molar-refractivity contribution in [2.24, 2.45) is 5.92 Å². The first-order valence-corrected chi connectivity index (χ1v) is 8.42. The van der Waals surface area contributed by atoms with Gasteiger partial charge in [-0.15, -0.1) is 0 Å². The first-order valence-electron chi connectivity index (χ1n) is 8.42. The first kappa shape index (κ1) is 19.9. The van der Waals surface area contributed by atoms with Crippen molar-refractivity contribution in [2.45, 2.75) is 39.5 Å². The molecule has 0 fully saturated rings. The van der Waals surface area contributed by atoms with Gasteiger partial charge >= 0.3 is 12.2 Å².